The number of benzene rings is 3. The molecule has 4 aromatic rings. The van der Waals surface area contributed by atoms with Gasteiger partial charge in [-0.15, -0.1) is 5.10 Å². The van der Waals surface area contributed by atoms with Gasteiger partial charge < -0.3 is 10.6 Å². The van der Waals surface area contributed by atoms with Crippen LogP contribution in [0.25, 0.3) is 22.7 Å². The van der Waals surface area contributed by atoms with Gasteiger partial charge in [-0.1, -0.05) is 48.5 Å². The average molecular weight is 380 g/mol. The van der Waals surface area contributed by atoms with Crippen molar-refractivity contribution in [1.82, 2.24) is 20.6 Å². The fraction of sp³-hybridized carbons (Fsp3) is 0. The third-order valence-corrected chi connectivity index (χ3v) is 4.76. The van der Waals surface area contributed by atoms with Gasteiger partial charge in [0.15, 0.2) is 5.82 Å². The van der Waals surface area contributed by atoms with Crippen molar-refractivity contribution < 1.29 is 4.79 Å². The number of tetrazole rings is 1. The second-order valence-corrected chi connectivity index (χ2v) is 6.57. The van der Waals surface area contributed by atoms with Crippen molar-refractivity contribution in [3.8, 4) is 11.4 Å². The number of nitrogens with zero attached hydrogens (tertiary/aromatic N) is 3. The van der Waals surface area contributed by atoms with Crippen LogP contribution in [0.2, 0.25) is 0 Å². The van der Waals surface area contributed by atoms with Crippen LogP contribution in [0.5, 0.6) is 0 Å². The summed E-state index contributed by atoms with van der Waals surface area (Å²) in [5.41, 5.74) is 5.72. The number of carbonyl (C=O) groups is 1. The highest BCUT2D eigenvalue weighted by molar-refractivity contribution is 6.37. The minimum Gasteiger partial charge on any atom is -0.354 e. The molecule has 0 aliphatic carbocycles. The number of rotatable bonds is 4. The summed E-state index contributed by atoms with van der Waals surface area (Å²) in [7, 11) is 0. The van der Waals surface area contributed by atoms with E-state index < -0.39 is 0 Å². The predicted molar refractivity (Wildman–Crippen MR) is 112 cm³/mol. The van der Waals surface area contributed by atoms with Crippen LogP contribution in [0.3, 0.4) is 0 Å². The van der Waals surface area contributed by atoms with E-state index in [-0.39, 0.29) is 5.91 Å². The fourth-order valence-electron chi connectivity index (χ4n) is 3.39. The molecule has 5 rings (SSSR count). The number of para-hydroxylation sites is 1. The minimum atomic E-state index is -0.123. The van der Waals surface area contributed by atoms with Gasteiger partial charge in [-0.2, -0.15) is 0 Å². The molecule has 0 radical (unpaired) electrons. The van der Waals surface area contributed by atoms with Crippen molar-refractivity contribution in [2.24, 2.45) is 0 Å². The Morgan fingerprint density at radius 1 is 0.862 bits per heavy atom. The lowest BCUT2D eigenvalue weighted by molar-refractivity contribution is -0.110. The third kappa shape index (κ3) is 3.14. The molecule has 3 aromatic carbocycles. The van der Waals surface area contributed by atoms with E-state index in [4.69, 9.17) is 0 Å². The molecule has 0 spiro atoms. The molecule has 1 aliphatic rings. The quantitative estimate of drug-likeness (QED) is 0.468. The lowest BCUT2D eigenvalue weighted by Crippen LogP contribution is -2.10. The second-order valence-electron chi connectivity index (χ2n) is 6.57. The van der Waals surface area contributed by atoms with Crippen molar-refractivity contribution in [2.75, 3.05) is 10.6 Å². The van der Waals surface area contributed by atoms with E-state index in [0.717, 1.165) is 33.8 Å². The molecule has 7 nitrogen and oxygen atoms in total. The number of hydrogen-bond acceptors (Lipinski definition) is 5. The van der Waals surface area contributed by atoms with E-state index >= 15 is 0 Å². The van der Waals surface area contributed by atoms with Gasteiger partial charge in [0, 0.05) is 22.5 Å². The van der Waals surface area contributed by atoms with Crippen molar-refractivity contribution in [3.63, 3.8) is 0 Å². The monoisotopic (exact) mass is 380 g/mol. The van der Waals surface area contributed by atoms with Crippen LogP contribution in [0.4, 0.5) is 11.4 Å². The molecule has 3 N–H and O–H groups in total. The highest BCUT2D eigenvalue weighted by Crippen LogP contribution is 2.37. The van der Waals surface area contributed by atoms with Crippen LogP contribution in [-0.4, -0.2) is 26.5 Å². The Morgan fingerprint density at radius 3 is 2.38 bits per heavy atom. The van der Waals surface area contributed by atoms with E-state index in [1.807, 2.05) is 78.9 Å². The Balaban J connectivity index is 1.59. The van der Waals surface area contributed by atoms with Crippen LogP contribution in [-0.2, 0) is 4.79 Å². The van der Waals surface area contributed by atoms with Crippen LogP contribution in [0.1, 0.15) is 11.1 Å². The summed E-state index contributed by atoms with van der Waals surface area (Å²) in [6.07, 6.45) is 0. The molecule has 0 bridgehead atoms. The SMILES string of the molecule is O=C1Nc2ccccc2C1=C(Nc1ccc(-c2nnn[nH]2)cc1)c1ccccc1. The standard InChI is InChI=1S/C22H16N6O/c29-22-19(17-8-4-5-9-18(17)24-22)20(14-6-2-1-3-7-14)23-16-12-10-15(11-13-16)21-25-27-28-26-21/h1-13,23H,(H,24,29)(H,25,26,27,28). The summed E-state index contributed by atoms with van der Waals surface area (Å²) in [6.45, 7) is 0. The van der Waals surface area contributed by atoms with E-state index in [9.17, 15) is 4.79 Å². The number of amides is 1. The van der Waals surface area contributed by atoms with Gasteiger partial charge in [0.1, 0.15) is 0 Å². The number of aromatic nitrogens is 4. The first-order valence-corrected chi connectivity index (χ1v) is 9.11. The number of carbonyl (C=O) groups excluding carboxylic acids is 1. The summed E-state index contributed by atoms with van der Waals surface area (Å²) in [6, 6.07) is 25.2. The summed E-state index contributed by atoms with van der Waals surface area (Å²) < 4.78 is 0. The molecule has 0 unspecified atom stereocenters. The smallest absolute Gasteiger partial charge is 0.258 e. The molecule has 2 heterocycles. The number of aromatic amines is 1. The van der Waals surface area contributed by atoms with Gasteiger partial charge in [0.05, 0.1) is 11.3 Å². The number of hydrogen-bond donors (Lipinski definition) is 3. The molecule has 0 fully saturated rings. The first-order valence-electron chi connectivity index (χ1n) is 9.11. The zero-order valence-electron chi connectivity index (χ0n) is 15.3. The first kappa shape index (κ1) is 16.9. The van der Waals surface area contributed by atoms with Crippen molar-refractivity contribution in [2.45, 2.75) is 0 Å². The Kier molecular flexibility index (Phi) is 4.10. The predicted octanol–water partition coefficient (Wildman–Crippen LogP) is 3.80. The molecule has 0 atom stereocenters. The second kappa shape index (κ2) is 7.05. The highest BCUT2D eigenvalue weighted by atomic mass is 16.2. The largest absolute Gasteiger partial charge is 0.354 e. The van der Waals surface area contributed by atoms with E-state index in [0.29, 0.717) is 11.4 Å². The van der Waals surface area contributed by atoms with E-state index in [1.54, 1.807) is 0 Å². The molecular formula is C22H16N6O. The molecule has 0 saturated heterocycles. The number of nitrogens with one attached hydrogen (secondary N) is 3. The van der Waals surface area contributed by atoms with E-state index in [1.165, 1.54) is 0 Å². The molecule has 1 amide bonds. The maximum absolute atomic E-state index is 12.8. The summed E-state index contributed by atoms with van der Waals surface area (Å²) >= 11 is 0. The van der Waals surface area contributed by atoms with Gasteiger partial charge in [-0.05, 0) is 46.3 Å². The number of H-pyrrole nitrogens is 1. The van der Waals surface area contributed by atoms with Crippen LogP contribution >= 0.6 is 0 Å². The maximum Gasteiger partial charge on any atom is 0.258 e. The van der Waals surface area contributed by atoms with Crippen LogP contribution in [0, 0.1) is 0 Å². The van der Waals surface area contributed by atoms with Crippen LogP contribution in [0.15, 0.2) is 78.9 Å². The molecule has 7 heteroatoms. The van der Waals surface area contributed by atoms with Gasteiger partial charge in [-0.25, -0.2) is 5.10 Å². The van der Waals surface area contributed by atoms with Crippen molar-refractivity contribution in [3.05, 3.63) is 90.0 Å². The third-order valence-electron chi connectivity index (χ3n) is 4.76. The molecule has 1 aliphatic heterocycles. The van der Waals surface area contributed by atoms with Gasteiger partial charge in [0.2, 0.25) is 0 Å². The molecule has 0 saturated carbocycles. The van der Waals surface area contributed by atoms with E-state index in [2.05, 4.69) is 31.3 Å². The summed E-state index contributed by atoms with van der Waals surface area (Å²) in [4.78, 5) is 12.8. The number of anilines is 2. The maximum atomic E-state index is 12.8. The van der Waals surface area contributed by atoms with Crippen LogP contribution < -0.4 is 10.6 Å². The molecule has 29 heavy (non-hydrogen) atoms. The fourth-order valence-corrected chi connectivity index (χ4v) is 3.39. The van der Waals surface area contributed by atoms with Gasteiger partial charge >= 0.3 is 0 Å². The number of fused-ring (bicyclic) bond motifs is 1. The average Bonchev–Trinajstić information content (AvgIpc) is 3.41. The molecule has 1 aromatic heterocycles. The van der Waals surface area contributed by atoms with Crippen molar-refractivity contribution in [1.29, 1.82) is 0 Å². The Bertz CT molecular complexity index is 1200. The zero-order chi connectivity index (χ0) is 19.6. The Morgan fingerprint density at radius 2 is 1.62 bits per heavy atom. The summed E-state index contributed by atoms with van der Waals surface area (Å²) in [5.74, 6) is 0.476. The lowest BCUT2D eigenvalue weighted by atomic mass is 10.00. The zero-order valence-corrected chi connectivity index (χ0v) is 15.3. The minimum absolute atomic E-state index is 0.123. The summed E-state index contributed by atoms with van der Waals surface area (Å²) in [5, 5.41) is 20.3. The van der Waals surface area contributed by atoms with Gasteiger partial charge in [0.25, 0.3) is 5.91 Å². The molecular weight excluding hydrogens is 364 g/mol. The van der Waals surface area contributed by atoms with Gasteiger partial charge in [-0.3, -0.25) is 4.79 Å². The molecule has 140 valence electrons. The van der Waals surface area contributed by atoms with Crippen molar-refractivity contribution >= 4 is 28.6 Å². The normalized spacial score (nSPS) is 14.3. The highest BCUT2D eigenvalue weighted by Gasteiger charge is 2.28. The lowest BCUT2D eigenvalue weighted by Gasteiger charge is -2.15. The first-order chi connectivity index (χ1) is 14.3. The topological polar surface area (TPSA) is 95.6 Å². The Hall–Kier alpha value is -4.26. The Labute approximate surface area is 166 Å².